The van der Waals surface area contributed by atoms with Crippen LogP contribution in [0.15, 0.2) is 36.7 Å². The van der Waals surface area contributed by atoms with Crippen LogP contribution < -0.4 is 16.0 Å². The van der Waals surface area contributed by atoms with Gasteiger partial charge >= 0.3 is 12.1 Å². The maximum Gasteiger partial charge on any atom is 0.407 e. The second-order valence-electron chi connectivity index (χ2n) is 6.86. The molecule has 0 radical (unpaired) electrons. The lowest BCUT2D eigenvalue weighted by Gasteiger charge is -2.15. The number of benzene rings is 1. The van der Waals surface area contributed by atoms with E-state index < -0.39 is 6.09 Å². The van der Waals surface area contributed by atoms with Crippen molar-refractivity contribution in [1.29, 1.82) is 0 Å². The van der Waals surface area contributed by atoms with Gasteiger partial charge in [-0.1, -0.05) is 12.1 Å². The largest absolute Gasteiger partial charge is 0.453 e. The zero-order chi connectivity index (χ0) is 21.7. The summed E-state index contributed by atoms with van der Waals surface area (Å²) in [7, 11) is 1.33. The van der Waals surface area contributed by atoms with Gasteiger partial charge in [0.15, 0.2) is 0 Å². The number of aryl methyl sites for hydroxylation is 2. The van der Waals surface area contributed by atoms with E-state index in [2.05, 4.69) is 30.7 Å². The van der Waals surface area contributed by atoms with E-state index >= 15 is 0 Å². The van der Waals surface area contributed by atoms with E-state index in [1.165, 1.54) is 7.11 Å². The van der Waals surface area contributed by atoms with Gasteiger partial charge in [0.2, 0.25) is 0 Å². The minimum atomic E-state index is -0.504. The molecule has 31 heavy (non-hydrogen) atoms. The minimum absolute atomic E-state index is 0. The van der Waals surface area contributed by atoms with Gasteiger partial charge in [0.05, 0.1) is 7.11 Å². The highest BCUT2D eigenvalue weighted by Gasteiger charge is 2.13. The second-order valence-corrected chi connectivity index (χ2v) is 6.86. The lowest BCUT2D eigenvalue weighted by atomic mass is 9.94. The number of alkyl carbamates (subject to hydrolysis) is 1. The van der Waals surface area contributed by atoms with E-state index in [1.54, 1.807) is 6.20 Å². The van der Waals surface area contributed by atoms with Gasteiger partial charge in [-0.15, -0.1) is 12.4 Å². The highest BCUT2D eigenvalue weighted by Crippen LogP contribution is 2.34. The highest BCUT2D eigenvalue weighted by molar-refractivity contribution is 6.01. The van der Waals surface area contributed by atoms with Crippen molar-refractivity contribution >= 4 is 41.1 Å². The molecule has 1 aromatic carbocycles. The van der Waals surface area contributed by atoms with E-state index in [0.717, 1.165) is 38.7 Å². The molecule has 8 nitrogen and oxygen atoms in total. The topological polar surface area (TPSA) is 105 Å². The number of methoxy groups -OCH3 is 1. The predicted molar refractivity (Wildman–Crippen MR) is 124 cm³/mol. The summed E-state index contributed by atoms with van der Waals surface area (Å²) in [6.45, 7) is 6.62. The number of rotatable bonds is 5. The molecule has 164 valence electrons. The summed E-state index contributed by atoms with van der Waals surface area (Å²) in [5.41, 5.74) is 4.89. The van der Waals surface area contributed by atoms with E-state index in [1.807, 2.05) is 51.2 Å². The molecule has 0 atom stereocenters. The van der Waals surface area contributed by atoms with Crippen molar-refractivity contribution in [3.63, 3.8) is 0 Å². The van der Waals surface area contributed by atoms with Gasteiger partial charge in [-0.3, -0.25) is 10.3 Å². The number of carbonyl (C=O) groups excluding carboxylic acids is 2. The first-order valence-electron chi connectivity index (χ1n) is 9.64. The normalized spacial score (nSPS) is 10.2. The molecule has 0 fully saturated rings. The number of aromatic nitrogens is 2. The van der Waals surface area contributed by atoms with Crippen molar-refractivity contribution in [2.75, 3.05) is 19.0 Å². The van der Waals surface area contributed by atoms with Crippen molar-refractivity contribution in [2.45, 2.75) is 27.3 Å². The van der Waals surface area contributed by atoms with E-state index in [9.17, 15) is 9.59 Å². The van der Waals surface area contributed by atoms with Crippen molar-refractivity contribution < 1.29 is 14.3 Å². The number of anilines is 1. The Bertz CT molecular complexity index is 1100. The number of nitrogens with zero attached hydrogens (tertiary/aromatic N) is 2. The van der Waals surface area contributed by atoms with E-state index in [0.29, 0.717) is 18.9 Å². The predicted octanol–water partition coefficient (Wildman–Crippen LogP) is 4.33. The smallest absolute Gasteiger partial charge is 0.407 e. The Morgan fingerprint density at radius 1 is 1.00 bits per heavy atom. The van der Waals surface area contributed by atoms with Crippen LogP contribution in [0, 0.1) is 13.8 Å². The molecule has 0 aliphatic heterocycles. The van der Waals surface area contributed by atoms with E-state index in [4.69, 9.17) is 0 Å². The van der Waals surface area contributed by atoms with Gasteiger partial charge in [0.1, 0.15) is 5.82 Å². The standard InChI is InChI=1S/C22H25N5O3.ClH/c1-5-23-21(28)27-20-9-18-16(17-8-14(3)24-10-13(17)2)7-6-15(19(18)12-25-20)11-26-22(29)30-4;/h6-10,12H,5,11H2,1-4H3,(H,26,29)(H2,23,25,27,28);1H. The zero-order valence-corrected chi connectivity index (χ0v) is 18.7. The van der Waals surface area contributed by atoms with Gasteiger partial charge in [-0.05, 0) is 60.5 Å². The van der Waals surface area contributed by atoms with Crippen LogP contribution in [0.3, 0.4) is 0 Å². The fourth-order valence-corrected chi connectivity index (χ4v) is 3.23. The van der Waals surface area contributed by atoms with Gasteiger partial charge in [-0.2, -0.15) is 0 Å². The van der Waals surface area contributed by atoms with Gasteiger partial charge in [-0.25, -0.2) is 14.6 Å². The summed E-state index contributed by atoms with van der Waals surface area (Å²) in [4.78, 5) is 32.2. The SMILES string of the molecule is CCNC(=O)Nc1cc2c(-c3cc(C)ncc3C)ccc(CNC(=O)OC)c2cn1.Cl. The number of pyridine rings is 2. The summed E-state index contributed by atoms with van der Waals surface area (Å²) in [6.07, 6.45) is 3.05. The zero-order valence-electron chi connectivity index (χ0n) is 17.9. The van der Waals surface area contributed by atoms with Crippen molar-refractivity contribution in [2.24, 2.45) is 0 Å². The number of hydrogen-bond acceptors (Lipinski definition) is 5. The molecule has 3 rings (SSSR count). The number of hydrogen-bond donors (Lipinski definition) is 3. The number of urea groups is 1. The number of halogens is 1. The molecule has 2 heterocycles. The first-order valence-corrected chi connectivity index (χ1v) is 9.64. The Morgan fingerprint density at radius 2 is 1.77 bits per heavy atom. The lowest BCUT2D eigenvalue weighted by molar-refractivity contribution is 0.170. The van der Waals surface area contributed by atoms with Gasteiger partial charge in [0.25, 0.3) is 0 Å². The monoisotopic (exact) mass is 443 g/mol. The Kier molecular flexibility index (Phi) is 8.15. The first kappa shape index (κ1) is 23.9. The summed E-state index contributed by atoms with van der Waals surface area (Å²) in [5, 5.41) is 9.94. The lowest BCUT2D eigenvalue weighted by Crippen LogP contribution is -2.28. The molecule has 0 unspecified atom stereocenters. The first-order chi connectivity index (χ1) is 14.4. The van der Waals surface area contributed by atoms with Crippen LogP contribution in [-0.4, -0.2) is 35.7 Å². The number of ether oxygens (including phenoxy) is 1. The molecule has 0 saturated heterocycles. The molecular weight excluding hydrogens is 418 g/mol. The second kappa shape index (κ2) is 10.6. The molecule has 3 amide bonds. The molecule has 0 saturated carbocycles. The van der Waals surface area contributed by atoms with Crippen LogP contribution in [-0.2, 0) is 11.3 Å². The van der Waals surface area contributed by atoms with E-state index in [-0.39, 0.29) is 18.4 Å². The maximum absolute atomic E-state index is 11.9. The van der Waals surface area contributed by atoms with Crippen molar-refractivity contribution in [3.8, 4) is 11.1 Å². The highest BCUT2D eigenvalue weighted by atomic mass is 35.5. The third-order valence-electron chi connectivity index (χ3n) is 4.71. The molecule has 3 aromatic rings. The molecule has 0 bridgehead atoms. The fraction of sp³-hybridized carbons (Fsp3) is 0.273. The van der Waals surface area contributed by atoms with Crippen molar-refractivity contribution in [3.05, 3.63) is 53.5 Å². The Hall–Kier alpha value is -3.39. The molecule has 0 aliphatic rings. The Morgan fingerprint density at radius 3 is 2.48 bits per heavy atom. The Labute approximate surface area is 187 Å². The minimum Gasteiger partial charge on any atom is -0.453 e. The number of fused-ring (bicyclic) bond motifs is 1. The molecule has 0 aliphatic carbocycles. The molecule has 0 spiro atoms. The van der Waals surface area contributed by atoms with Crippen molar-refractivity contribution in [1.82, 2.24) is 20.6 Å². The van der Waals surface area contributed by atoms with Crippen LogP contribution >= 0.6 is 12.4 Å². The van der Waals surface area contributed by atoms with Crippen LogP contribution in [0.4, 0.5) is 15.4 Å². The number of amides is 3. The molecular formula is C22H26ClN5O3. The summed E-state index contributed by atoms with van der Waals surface area (Å²) in [5.74, 6) is 0.441. The van der Waals surface area contributed by atoms with Crippen LogP contribution in [0.5, 0.6) is 0 Å². The third-order valence-corrected chi connectivity index (χ3v) is 4.71. The van der Waals surface area contributed by atoms with Crippen LogP contribution in [0.1, 0.15) is 23.7 Å². The molecule has 3 N–H and O–H groups in total. The van der Waals surface area contributed by atoms with Crippen LogP contribution in [0.2, 0.25) is 0 Å². The van der Waals surface area contributed by atoms with Crippen LogP contribution in [0.25, 0.3) is 21.9 Å². The average Bonchev–Trinajstić information content (AvgIpc) is 2.73. The van der Waals surface area contributed by atoms with Gasteiger partial charge < -0.3 is 15.4 Å². The summed E-state index contributed by atoms with van der Waals surface area (Å²) >= 11 is 0. The van der Waals surface area contributed by atoms with Gasteiger partial charge in [0, 0.05) is 36.6 Å². The quantitative estimate of drug-likeness (QED) is 0.544. The molecule has 9 heteroatoms. The third kappa shape index (κ3) is 5.61. The molecule has 2 aromatic heterocycles. The summed E-state index contributed by atoms with van der Waals surface area (Å²) < 4.78 is 4.66. The maximum atomic E-state index is 11.9. The number of nitrogens with one attached hydrogen (secondary N) is 3. The summed E-state index contributed by atoms with van der Waals surface area (Å²) in [6, 6.07) is 7.53. The fourth-order valence-electron chi connectivity index (χ4n) is 3.23. The number of carbonyl (C=O) groups is 2. The average molecular weight is 444 g/mol. The Balaban J connectivity index is 0.00000341.